The summed E-state index contributed by atoms with van der Waals surface area (Å²) in [6.07, 6.45) is 0. The van der Waals surface area contributed by atoms with E-state index < -0.39 is 10.1 Å². The van der Waals surface area contributed by atoms with Crippen molar-refractivity contribution in [1.29, 1.82) is 0 Å². The van der Waals surface area contributed by atoms with Crippen molar-refractivity contribution in [2.75, 3.05) is 12.4 Å². The molecule has 2 rings (SSSR count). The van der Waals surface area contributed by atoms with Crippen molar-refractivity contribution < 1.29 is 18.1 Å². The summed E-state index contributed by atoms with van der Waals surface area (Å²) in [5.41, 5.74) is 1.66. The maximum atomic E-state index is 11.1. The van der Waals surface area contributed by atoms with Crippen LogP contribution in [0, 0.1) is 6.92 Å². The van der Waals surface area contributed by atoms with Crippen molar-refractivity contribution in [3.8, 4) is 5.75 Å². The first-order valence-electron chi connectivity index (χ1n) is 5.26. The zero-order chi connectivity index (χ0) is 13.5. The lowest BCUT2D eigenvalue weighted by atomic mass is 10.0. The molecule has 0 atom stereocenters. The number of benzene rings is 2. The van der Waals surface area contributed by atoms with Gasteiger partial charge in [-0.3, -0.25) is 4.55 Å². The molecule has 2 aromatic carbocycles. The maximum absolute atomic E-state index is 11.1. The fourth-order valence-electron chi connectivity index (χ4n) is 2.01. The van der Waals surface area contributed by atoms with Gasteiger partial charge in [-0.2, -0.15) is 8.42 Å². The molecule has 0 radical (unpaired) electrons. The third-order valence-corrected chi connectivity index (χ3v) is 3.73. The molecule has 0 fully saturated rings. The number of nitrogens with one attached hydrogen (secondary N) is 1. The highest BCUT2D eigenvalue weighted by molar-refractivity contribution is 7.85. The van der Waals surface area contributed by atoms with Crippen molar-refractivity contribution >= 4 is 26.6 Å². The van der Waals surface area contributed by atoms with E-state index in [1.54, 1.807) is 19.2 Å². The number of aryl methyl sites for hydroxylation is 1. The Bertz CT molecular complexity index is 722. The third kappa shape index (κ3) is 2.00. The molecule has 6 heteroatoms. The van der Waals surface area contributed by atoms with Crippen LogP contribution in [0.4, 0.5) is 5.69 Å². The van der Waals surface area contributed by atoms with Crippen LogP contribution in [-0.2, 0) is 10.1 Å². The highest BCUT2D eigenvalue weighted by Crippen LogP contribution is 2.34. The van der Waals surface area contributed by atoms with Gasteiger partial charge in [-0.1, -0.05) is 6.07 Å². The van der Waals surface area contributed by atoms with E-state index in [1.165, 1.54) is 6.07 Å². The quantitative estimate of drug-likeness (QED) is 0.726. The van der Waals surface area contributed by atoms with Crippen LogP contribution < -0.4 is 5.32 Å². The van der Waals surface area contributed by atoms with E-state index in [9.17, 15) is 13.5 Å². The summed E-state index contributed by atoms with van der Waals surface area (Å²) in [6.45, 7) is 1.82. The third-order valence-electron chi connectivity index (χ3n) is 2.90. The normalized spacial score (nSPS) is 11.7. The number of phenolic OH excluding ortho intramolecular Hbond substituents is 1. The first-order chi connectivity index (χ1) is 8.34. The van der Waals surface area contributed by atoms with E-state index in [2.05, 4.69) is 5.32 Å². The minimum atomic E-state index is -4.32. The van der Waals surface area contributed by atoms with Gasteiger partial charge in [0.2, 0.25) is 0 Å². The van der Waals surface area contributed by atoms with Gasteiger partial charge in [-0.05, 0) is 30.0 Å². The standard InChI is InChI=1S/C12H13NO4S/c1-7-10(13-2)4-3-8-5-9(18(15,16)17)6-11(14)12(7)8/h3-6,13-14H,1-2H3,(H,15,16,17). The zero-order valence-corrected chi connectivity index (χ0v) is 10.7. The van der Waals surface area contributed by atoms with E-state index in [0.717, 1.165) is 17.3 Å². The summed E-state index contributed by atoms with van der Waals surface area (Å²) >= 11 is 0. The molecular weight excluding hydrogens is 254 g/mol. The van der Waals surface area contributed by atoms with Gasteiger partial charge in [0, 0.05) is 24.2 Å². The maximum Gasteiger partial charge on any atom is 0.294 e. The first kappa shape index (κ1) is 12.7. The van der Waals surface area contributed by atoms with Crippen LogP contribution in [0.5, 0.6) is 5.75 Å². The van der Waals surface area contributed by atoms with Gasteiger partial charge in [-0.25, -0.2) is 0 Å². The molecule has 2 aromatic rings. The monoisotopic (exact) mass is 267 g/mol. The second-order valence-electron chi connectivity index (χ2n) is 4.00. The van der Waals surface area contributed by atoms with Gasteiger partial charge in [0.15, 0.2) is 0 Å². The van der Waals surface area contributed by atoms with Crippen LogP contribution >= 0.6 is 0 Å². The highest BCUT2D eigenvalue weighted by atomic mass is 32.2. The number of anilines is 1. The molecule has 0 spiro atoms. The molecule has 0 heterocycles. The molecule has 0 saturated heterocycles. The van der Waals surface area contributed by atoms with Crippen LogP contribution in [0.25, 0.3) is 10.8 Å². The molecule has 0 aliphatic heterocycles. The molecule has 0 saturated carbocycles. The summed E-state index contributed by atoms with van der Waals surface area (Å²) in [4.78, 5) is -0.316. The molecule has 0 aliphatic carbocycles. The van der Waals surface area contributed by atoms with Gasteiger partial charge in [-0.15, -0.1) is 0 Å². The lowest BCUT2D eigenvalue weighted by molar-refractivity contribution is 0.470. The predicted octanol–water partition coefficient (Wildman–Crippen LogP) is 2.14. The van der Waals surface area contributed by atoms with Crippen molar-refractivity contribution in [2.24, 2.45) is 0 Å². The molecule has 18 heavy (non-hydrogen) atoms. The lowest BCUT2D eigenvalue weighted by Crippen LogP contribution is -1.99. The minimum Gasteiger partial charge on any atom is -0.507 e. The Labute approximate surface area is 105 Å². The summed E-state index contributed by atoms with van der Waals surface area (Å²) in [5.74, 6) is -0.172. The average molecular weight is 267 g/mol. The topological polar surface area (TPSA) is 86.6 Å². The molecule has 96 valence electrons. The number of hydrogen-bond donors (Lipinski definition) is 3. The number of hydrogen-bond acceptors (Lipinski definition) is 4. The predicted molar refractivity (Wildman–Crippen MR) is 69.7 cm³/mol. The second-order valence-corrected chi connectivity index (χ2v) is 5.43. The molecule has 5 nitrogen and oxygen atoms in total. The molecule has 0 aromatic heterocycles. The van der Waals surface area contributed by atoms with Gasteiger partial charge in [0.1, 0.15) is 5.75 Å². The smallest absolute Gasteiger partial charge is 0.294 e. The Morgan fingerprint density at radius 3 is 2.44 bits per heavy atom. The fourth-order valence-corrected chi connectivity index (χ4v) is 2.55. The van der Waals surface area contributed by atoms with Crippen molar-refractivity contribution in [2.45, 2.75) is 11.8 Å². The van der Waals surface area contributed by atoms with Gasteiger partial charge >= 0.3 is 0 Å². The van der Waals surface area contributed by atoms with E-state index in [-0.39, 0.29) is 10.6 Å². The number of phenols is 1. The Kier molecular flexibility index (Phi) is 2.92. The molecular formula is C12H13NO4S. The van der Waals surface area contributed by atoms with Gasteiger partial charge < -0.3 is 10.4 Å². The van der Waals surface area contributed by atoms with Crippen molar-refractivity contribution in [3.63, 3.8) is 0 Å². The van der Waals surface area contributed by atoms with E-state index in [4.69, 9.17) is 4.55 Å². The molecule has 0 bridgehead atoms. The lowest BCUT2D eigenvalue weighted by Gasteiger charge is -2.11. The van der Waals surface area contributed by atoms with E-state index >= 15 is 0 Å². The van der Waals surface area contributed by atoms with Crippen LogP contribution in [0.3, 0.4) is 0 Å². The van der Waals surface area contributed by atoms with Crippen LogP contribution in [0.2, 0.25) is 0 Å². The Morgan fingerprint density at radius 2 is 1.89 bits per heavy atom. The van der Waals surface area contributed by atoms with Crippen molar-refractivity contribution in [1.82, 2.24) is 0 Å². The second kappa shape index (κ2) is 4.15. The largest absolute Gasteiger partial charge is 0.507 e. The van der Waals surface area contributed by atoms with Crippen LogP contribution in [-0.4, -0.2) is 25.1 Å². The van der Waals surface area contributed by atoms with Gasteiger partial charge in [0.25, 0.3) is 10.1 Å². The Balaban J connectivity index is 2.86. The summed E-state index contributed by atoms with van der Waals surface area (Å²) < 4.78 is 31.1. The Morgan fingerprint density at radius 1 is 1.22 bits per heavy atom. The molecule has 0 amide bonds. The molecule has 3 N–H and O–H groups in total. The van der Waals surface area contributed by atoms with Crippen LogP contribution in [0.15, 0.2) is 29.2 Å². The first-order valence-corrected chi connectivity index (χ1v) is 6.70. The van der Waals surface area contributed by atoms with E-state index in [0.29, 0.717) is 10.8 Å². The highest BCUT2D eigenvalue weighted by Gasteiger charge is 2.15. The zero-order valence-electron chi connectivity index (χ0n) is 9.93. The molecule has 0 aliphatic rings. The average Bonchev–Trinajstić information content (AvgIpc) is 2.27. The molecule has 0 unspecified atom stereocenters. The number of aromatic hydroxyl groups is 1. The SMILES string of the molecule is CNc1ccc2cc(S(=O)(=O)O)cc(O)c2c1C. The Hall–Kier alpha value is -1.79. The van der Waals surface area contributed by atoms with Gasteiger partial charge in [0.05, 0.1) is 4.90 Å². The van der Waals surface area contributed by atoms with Crippen LogP contribution in [0.1, 0.15) is 5.56 Å². The summed E-state index contributed by atoms with van der Waals surface area (Å²) in [7, 11) is -2.56. The minimum absolute atomic E-state index is 0.172. The summed E-state index contributed by atoms with van der Waals surface area (Å²) in [6, 6.07) is 5.84. The fraction of sp³-hybridized carbons (Fsp3) is 0.167. The number of rotatable bonds is 2. The summed E-state index contributed by atoms with van der Waals surface area (Å²) in [5, 5.41) is 14.0. The van der Waals surface area contributed by atoms with E-state index in [1.807, 2.05) is 6.92 Å². The number of fused-ring (bicyclic) bond motifs is 1. The van der Waals surface area contributed by atoms with Crippen molar-refractivity contribution in [3.05, 3.63) is 29.8 Å².